The average Bonchev–Trinajstić information content (AvgIpc) is 3.11. The van der Waals surface area contributed by atoms with Gasteiger partial charge in [0.25, 0.3) is 0 Å². The number of hydrogen-bond acceptors (Lipinski definition) is 4. The highest BCUT2D eigenvalue weighted by Gasteiger charge is 2.41. The fourth-order valence-corrected chi connectivity index (χ4v) is 4.46. The Morgan fingerprint density at radius 1 is 1.15 bits per heavy atom. The van der Waals surface area contributed by atoms with E-state index in [4.69, 9.17) is 9.47 Å². The first-order valence-electron chi connectivity index (χ1n) is 10.0. The molecule has 5 nitrogen and oxygen atoms in total. The molecule has 0 bridgehead atoms. The molecule has 26 heavy (non-hydrogen) atoms. The highest BCUT2D eigenvalue weighted by molar-refractivity contribution is 5.81. The van der Waals surface area contributed by atoms with Crippen LogP contribution < -0.4 is 5.32 Å². The van der Waals surface area contributed by atoms with Gasteiger partial charge in [0.2, 0.25) is 5.91 Å². The fraction of sp³-hybridized carbons (Fsp3) is 0.667. The molecule has 4 rings (SSSR count). The molecule has 1 aromatic carbocycles. The van der Waals surface area contributed by atoms with Gasteiger partial charge in [0.15, 0.2) is 0 Å². The van der Waals surface area contributed by atoms with Crippen LogP contribution in [0.1, 0.15) is 31.2 Å². The Balaban J connectivity index is 1.24. The van der Waals surface area contributed by atoms with Crippen LogP contribution in [0, 0.1) is 11.8 Å². The number of likely N-dealkylation sites (tertiary alicyclic amines) is 1. The Bertz CT molecular complexity index is 588. The molecule has 0 spiro atoms. The highest BCUT2D eigenvalue weighted by Crippen LogP contribution is 2.33. The van der Waals surface area contributed by atoms with Gasteiger partial charge in [0, 0.05) is 32.8 Å². The van der Waals surface area contributed by atoms with E-state index in [9.17, 15) is 4.79 Å². The summed E-state index contributed by atoms with van der Waals surface area (Å²) in [5.74, 6) is 1.17. The standard InChI is InChI=1S/C21H30N2O3/c24-21(22-13-16-7-10-25-11-8-16)19-12-18-6-9-23(15-20(18)26-19)14-17-4-2-1-3-5-17/h1-5,16,18-20H,6-15H2,(H,22,24)/t18-,19+,20-/m1/s1. The Morgan fingerprint density at radius 2 is 1.96 bits per heavy atom. The smallest absolute Gasteiger partial charge is 0.249 e. The van der Waals surface area contributed by atoms with Gasteiger partial charge in [-0.15, -0.1) is 0 Å². The maximum absolute atomic E-state index is 12.5. The molecular weight excluding hydrogens is 328 g/mol. The number of nitrogens with one attached hydrogen (secondary N) is 1. The van der Waals surface area contributed by atoms with E-state index in [1.807, 2.05) is 0 Å². The van der Waals surface area contributed by atoms with E-state index in [2.05, 4.69) is 40.5 Å². The van der Waals surface area contributed by atoms with Crippen molar-refractivity contribution in [3.8, 4) is 0 Å². The van der Waals surface area contributed by atoms with E-state index in [0.717, 1.165) is 65.1 Å². The van der Waals surface area contributed by atoms with Crippen molar-refractivity contribution in [1.29, 1.82) is 0 Å². The molecule has 3 atom stereocenters. The van der Waals surface area contributed by atoms with Gasteiger partial charge >= 0.3 is 0 Å². The molecule has 0 saturated carbocycles. The highest BCUT2D eigenvalue weighted by atomic mass is 16.5. The van der Waals surface area contributed by atoms with Crippen LogP contribution >= 0.6 is 0 Å². The van der Waals surface area contributed by atoms with Gasteiger partial charge in [-0.3, -0.25) is 9.69 Å². The number of nitrogens with zero attached hydrogens (tertiary/aromatic N) is 1. The van der Waals surface area contributed by atoms with Gasteiger partial charge in [-0.05, 0) is 49.6 Å². The van der Waals surface area contributed by atoms with Crippen molar-refractivity contribution in [3.05, 3.63) is 35.9 Å². The predicted octanol–water partition coefficient (Wildman–Crippen LogP) is 2.21. The minimum Gasteiger partial charge on any atom is -0.381 e. The second-order valence-corrected chi connectivity index (χ2v) is 7.97. The zero-order valence-electron chi connectivity index (χ0n) is 15.4. The van der Waals surface area contributed by atoms with Crippen LogP contribution in [-0.2, 0) is 20.8 Å². The molecule has 0 aliphatic carbocycles. The number of rotatable bonds is 5. The molecule has 3 aliphatic rings. The normalized spacial score (nSPS) is 30.1. The van der Waals surface area contributed by atoms with E-state index in [0.29, 0.717) is 11.8 Å². The van der Waals surface area contributed by atoms with Crippen molar-refractivity contribution in [2.45, 2.75) is 44.4 Å². The number of fused-ring (bicyclic) bond motifs is 1. The van der Waals surface area contributed by atoms with Crippen molar-refractivity contribution in [3.63, 3.8) is 0 Å². The lowest BCUT2D eigenvalue weighted by atomic mass is 9.91. The second-order valence-electron chi connectivity index (χ2n) is 7.97. The second kappa shape index (κ2) is 8.51. The number of hydrogen-bond donors (Lipinski definition) is 1. The first kappa shape index (κ1) is 18.0. The van der Waals surface area contributed by atoms with Gasteiger partial charge in [-0.25, -0.2) is 0 Å². The minimum atomic E-state index is -0.262. The molecule has 0 aromatic heterocycles. The summed E-state index contributed by atoms with van der Waals surface area (Å²) in [4.78, 5) is 15.0. The molecular formula is C21H30N2O3. The lowest BCUT2D eigenvalue weighted by Crippen LogP contribution is -2.42. The van der Waals surface area contributed by atoms with Crippen LogP contribution in [0.2, 0.25) is 0 Å². The Morgan fingerprint density at radius 3 is 2.77 bits per heavy atom. The van der Waals surface area contributed by atoms with Crippen LogP contribution in [0.3, 0.4) is 0 Å². The van der Waals surface area contributed by atoms with E-state index < -0.39 is 0 Å². The molecule has 3 saturated heterocycles. The summed E-state index contributed by atoms with van der Waals surface area (Å²) in [6, 6.07) is 10.6. The molecule has 5 heteroatoms. The number of ether oxygens (including phenoxy) is 2. The van der Waals surface area contributed by atoms with Crippen molar-refractivity contribution >= 4 is 5.91 Å². The topological polar surface area (TPSA) is 50.8 Å². The summed E-state index contributed by atoms with van der Waals surface area (Å²) >= 11 is 0. The quantitative estimate of drug-likeness (QED) is 0.877. The molecule has 1 aromatic rings. The lowest BCUT2D eigenvalue weighted by Gasteiger charge is -2.34. The molecule has 3 aliphatic heterocycles. The van der Waals surface area contributed by atoms with Gasteiger partial charge in [0.1, 0.15) is 6.10 Å². The van der Waals surface area contributed by atoms with Crippen molar-refractivity contribution in [1.82, 2.24) is 10.2 Å². The number of amides is 1. The molecule has 1 N–H and O–H groups in total. The van der Waals surface area contributed by atoms with Gasteiger partial charge in [0.05, 0.1) is 6.10 Å². The first-order chi connectivity index (χ1) is 12.8. The van der Waals surface area contributed by atoms with Gasteiger partial charge < -0.3 is 14.8 Å². The van der Waals surface area contributed by atoms with Crippen molar-refractivity contribution in [2.24, 2.45) is 11.8 Å². The summed E-state index contributed by atoms with van der Waals surface area (Å²) in [5.41, 5.74) is 1.34. The zero-order valence-corrected chi connectivity index (χ0v) is 15.4. The molecule has 0 radical (unpaired) electrons. The van der Waals surface area contributed by atoms with Crippen LogP contribution in [-0.4, -0.2) is 55.9 Å². The average molecular weight is 358 g/mol. The monoisotopic (exact) mass is 358 g/mol. The Hall–Kier alpha value is -1.43. The Labute approximate surface area is 156 Å². The zero-order chi connectivity index (χ0) is 17.8. The molecule has 1 amide bonds. The molecule has 142 valence electrons. The van der Waals surface area contributed by atoms with Gasteiger partial charge in [-0.2, -0.15) is 0 Å². The van der Waals surface area contributed by atoms with Crippen LogP contribution in [0.25, 0.3) is 0 Å². The minimum absolute atomic E-state index is 0.0838. The van der Waals surface area contributed by atoms with E-state index >= 15 is 0 Å². The van der Waals surface area contributed by atoms with E-state index in [-0.39, 0.29) is 18.1 Å². The fourth-order valence-electron chi connectivity index (χ4n) is 4.46. The maximum Gasteiger partial charge on any atom is 0.249 e. The summed E-state index contributed by atoms with van der Waals surface area (Å²) in [6.07, 6.45) is 4.04. The predicted molar refractivity (Wildman–Crippen MR) is 99.7 cm³/mol. The first-order valence-corrected chi connectivity index (χ1v) is 10.0. The molecule has 0 unspecified atom stereocenters. The third-order valence-corrected chi connectivity index (χ3v) is 6.08. The van der Waals surface area contributed by atoms with Crippen LogP contribution in [0.4, 0.5) is 0 Å². The third kappa shape index (κ3) is 4.45. The summed E-state index contributed by atoms with van der Waals surface area (Å²) < 4.78 is 11.5. The van der Waals surface area contributed by atoms with E-state index in [1.54, 1.807) is 0 Å². The summed E-state index contributed by atoms with van der Waals surface area (Å²) in [5, 5.41) is 3.12. The van der Waals surface area contributed by atoms with Crippen molar-refractivity contribution in [2.75, 3.05) is 32.8 Å². The molecule has 3 heterocycles. The van der Waals surface area contributed by atoms with E-state index in [1.165, 1.54) is 5.56 Å². The maximum atomic E-state index is 12.5. The lowest BCUT2D eigenvalue weighted by molar-refractivity contribution is -0.133. The van der Waals surface area contributed by atoms with Crippen LogP contribution in [0.5, 0.6) is 0 Å². The number of carbonyl (C=O) groups excluding carboxylic acids is 1. The Kier molecular flexibility index (Phi) is 5.88. The summed E-state index contributed by atoms with van der Waals surface area (Å²) in [6.45, 7) is 5.40. The summed E-state index contributed by atoms with van der Waals surface area (Å²) in [7, 11) is 0. The SMILES string of the molecule is O=C(NCC1CCOCC1)[C@@H]1C[C@H]2CCN(Cc3ccccc3)C[C@H]2O1. The van der Waals surface area contributed by atoms with Gasteiger partial charge in [-0.1, -0.05) is 30.3 Å². The molecule has 3 fully saturated rings. The number of piperidine rings is 1. The third-order valence-electron chi connectivity index (χ3n) is 6.08. The number of benzene rings is 1. The van der Waals surface area contributed by atoms with Crippen molar-refractivity contribution < 1.29 is 14.3 Å². The van der Waals surface area contributed by atoms with Crippen LogP contribution in [0.15, 0.2) is 30.3 Å². The number of carbonyl (C=O) groups is 1. The largest absolute Gasteiger partial charge is 0.381 e.